The second kappa shape index (κ2) is 4.11. The Kier molecular flexibility index (Phi) is 2.86. The Balaban J connectivity index is 1.77. The number of hydrogen-bond donors (Lipinski definition) is 0. The third-order valence-corrected chi connectivity index (χ3v) is 3.26. The molecule has 2 rings (SSSR count). The highest BCUT2D eigenvalue weighted by Gasteiger charge is 2.19. The molecule has 0 aromatic heterocycles. The summed E-state index contributed by atoms with van der Waals surface area (Å²) in [4.78, 5) is 0. The minimum absolute atomic E-state index is 1.42. The average molecular weight is 164 g/mol. The molecule has 0 nitrogen and oxygen atoms in total. The quantitative estimate of drug-likeness (QED) is 0.470. The van der Waals surface area contributed by atoms with Crippen LogP contribution in [-0.2, 0) is 0 Å². The predicted molar refractivity (Wildman–Crippen MR) is 53.2 cm³/mol. The first kappa shape index (κ1) is 8.34. The van der Waals surface area contributed by atoms with Crippen molar-refractivity contribution in [3.8, 4) is 0 Å². The van der Waals surface area contributed by atoms with Crippen molar-refractivity contribution >= 4 is 0 Å². The standard InChI is InChI=1S/C12H20/c1-2-4-6-8-11-10-12(11)9-7-5-3-1/h1-10H2. The summed E-state index contributed by atoms with van der Waals surface area (Å²) in [5.41, 5.74) is 3.66. The highest BCUT2D eigenvalue weighted by Crippen LogP contribution is 2.39. The van der Waals surface area contributed by atoms with E-state index in [1.54, 1.807) is 0 Å². The fraction of sp³-hybridized carbons (Fsp3) is 0.833. The minimum atomic E-state index is 1.42. The molecule has 68 valence electrons. The molecule has 0 saturated carbocycles. The zero-order valence-electron chi connectivity index (χ0n) is 8.07. The number of rotatable bonds is 0. The monoisotopic (exact) mass is 164 g/mol. The summed E-state index contributed by atoms with van der Waals surface area (Å²) in [5, 5.41) is 0. The van der Waals surface area contributed by atoms with Gasteiger partial charge in [0.25, 0.3) is 0 Å². The van der Waals surface area contributed by atoms with E-state index in [-0.39, 0.29) is 0 Å². The van der Waals surface area contributed by atoms with Gasteiger partial charge in [0.2, 0.25) is 0 Å². The molecular formula is C12H20. The molecule has 0 spiro atoms. The maximum atomic E-state index is 1.83. The van der Waals surface area contributed by atoms with Crippen molar-refractivity contribution in [3.63, 3.8) is 0 Å². The first-order chi connectivity index (χ1) is 5.97. The third-order valence-electron chi connectivity index (χ3n) is 3.26. The Labute approximate surface area is 76.1 Å². The van der Waals surface area contributed by atoms with E-state index in [4.69, 9.17) is 0 Å². The van der Waals surface area contributed by atoms with Gasteiger partial charge in [0.1, 0.15) is 0 Å². The summed E-state index contributed by atoms with van der Waals surface area (Å²) in [5.74, 6) is 0. The Hall–Kier alpha value is -0.260. The molecular weight excluding hydrogens is 144 g/mol. The lowest BCUT2D eigenvalue weighted by molar-refractivity contribution is 0.582. The van der Waals surface area contributed by atoms with E-state index in [0.29, 0.717) is 0 Å². The molecule has 0 unspecified atom stereocenters. The molecule has 0 aromatic carbocycles. The molecule has 0 amide bonds. The topological polar surface area (TPSA) is 0 Å². The van der Waals surface area contributed by atoms with Crippen LogP contribution >= 0.6 is 0 Å². The first-order valence-electron chi connectivity index (χ1n) is 5.66. The lowest BCUT2D eigenvalue weighted by Gasteiger charge is -1.99. The molecule has 0 aliphatic heterocycles. The van der Waals surface area contributed by atoms with E-state index < -0.39 is 0 Å². The van der Waals surface area contributed by atoms with Crippen LogP contribution in [0.15, 0.2) is 11.1 Å². The smallest absolute Gasteiger partial charge is 0.0103 e. The molecule has 12 heavy (non-hydrogen) atoms. The van der Waals surface area contributed by atoms with Crippen LogP contribution in [0.5, 0.6) is 0 Å². The van der Waals surface area contributed by atoms with Gasteiger partial charge in [0.05, 0.1) is 0 Å². The molecule has 0 bridgehead atoms. The average Bonchev–Trinajstić information content (AvgIpc) is 2.78. The van der Waals surface area contributed by atoms with Gasteiger partial charge in [0, 0.05) is 0 Å². The zero-order chi connectivity index (χ0) is 8.23. The van der Waals surface area contributed by atoms with E-state index >= 15 is 0 Å². The molecule has 0 atom stereocenters. The summed E-state index contributed by atoms with van der Waals surface area (Å²) in [6.45, 7) is 0. The molecule has 0 heterocycles. The molecule has 2 aliphatic carbocycles. The van der Waals surface area contributed by atoms with Gasteiger partial charge in [-0.15, -0.1) is 0 Å². The lowest BCUT2D eigenvalue weighted by atomic mass is 10.1. The highest BCUT2D eigenvalue weighted by atomic mass is 14.2. The molecule has 0 saturated heterocycles. The van der Waals surface area contributed by atoms with E-state index in [1.807, 2.05) is 11.1 Å². The minimum Gasteiger partial charge on any atom is -0.0666 e. The summed E-state index contributed by atoms with van der Waals surface area (Å²) >= 11 is 0. The first-order valence-corrected chi connectivity index (χ1v) is 5.66. The van der Waals surface area contributed by atoms with Crippen LogP contribution < -0.4 is 0 Å². The van der Waals surface area contributed by atoms with Crippen LogP contribution in [0.1, 0.15) is 64.2 Å². The van der Waals surface area contributed by atoms with Crippen LogP contribution in [0, 0.1) is 0 Å². The van der Waals surface area contributed by atoms with Crippen LogP contribution in [0.4, 0.5) is 0 Å². The molecule has 0 aromatic rings. The molecule has 2 aliphatic rings. The van der Waals surface area contributed by atoms with Gasteiger partial charge < -0.3 is 0 Å². The Morgan fingerprint density at radius 3 is 1.42 bits per heavy atom. The van der Waals surface area contributed by atoms with Crippen molar-refractivity contribution in [1.82, 2.24) is 0 Å². The van der Waals surface area contributed by atoms with Gasteiger partial charge in [-0.2, -0.15) is 0 Å². The van der Waals surface area contributed by atoms with Crippen LogP contribution in [0.25, 0.3) is 0 Å². The van der Waals surface area contributed by atoms with Gasteiger partial charge in [-0.1, -0.05) is 43.3 Å². The number of allylic oxidation sites excluding steroid dienone is 2. The van der Waals surface area contributed by atoms with Gasteiger partial charge in [0.15, 0.2) is 0 Å². The second-order valence-corrected chi connectivity index (χ2v) is 4.36. The van der Waals surface area contributed by atoms with Crippen LogP contribution in [0.2, 0.25) is 0 Å². The predicted octanol–water partition coefficient (Wildman–Crippen LogP) is 4.21. The summed E-state index contributed by atoms with van der Waals surface area (Å²) < 4.78 is 0. The van der Waals surface area contributed by atoms with Crippen molar-refractivity contribution in [2.45, 2.75) is 64.2 Å². The molecule has 0 heteroatoms. The molecule has 0 radical (unpaired) electrons. The van der Waals surface area contributed by atoms with Gasteiger partial charge in [-0.25, -0.2) is 0 Å². The highest BCUT2D eigenvalue weighted by molar-refractivity contribution is 5.34. The van der Waals surface area contributed by atoms with Crippen molar-refractivity contribution in [2.24, 2.45) is 0 Å². The SMILES string of the molecule is C1CCCCC2=C(CCCC1)C2. The summed E-state index contributed by atoms with van der Waals surface area (Å²) in [6.07, 6.45) is 14.7. The van der Waals surface area contributed by atoms with Gasteiger partial charge >= 0.3 is 0 Å². The Morgan fingerprint density at radius 2 is 0.917 bits per heavy atom. The van der Waals surface area contributed by atoms with Crippen molar-refractivity contribution in [2.75, 3.05) is 0 Å². The van der Waals surface area contributed by atoms with E-state index in [9.17, 15) is 0 Å². The van der Waals surface area contributed by atoms with Gasteiger partial charge in [-0.05, 0) is 32.1 Å². The normalized spacial score (nSPS) is 26.0. The third kappa shape index (κ3) is 2.36. The maximum Gasteiger partial charge on any atom is -0.0103 e. The molecule has 0 fully saturated rings. The molecule has 0 N–H and O–H groups in total. The Bertz CT molecular complexity index is 158. The summed E-state index contributed by atoms with van der Waals surface area (Å²) in [6, 6.07) is 0. The van der Waals surface area contributed by atoms with Crippen LogP contribution in [-0.4, -0.2) is 0 Å². The van der Waals surface area contributed by atoms with E-state index in [0.717, 1.165) is 0 Å². The van der Waals surface area contributed by atoms with Crippen molar-refractivity contribution in [3.05, 3.63) is 11.1 Å². The lowest BCUT2D eigenvalue weighted by Crippen LogP contribution is -1.80. The zero-order valence-corrected chi connectivity index (χ0v) is 8.07. The fourth-order valence-corrected chi connectivity index (χ4v) is 2.30. The number of hydrogen-bond acceptors (Lipinski definition) is 0. The van der Waals surface area contributed by atoms with Crippen molar-refractivity contribution < 1.29 is 0 Å². The van der Waals surface area contributed by atoms with Crippen LogP contribution in [0.3, 0.4) is 0 Å². The van der Waals surface area contributed by atoms with Crippen molar-refractivity contribution in [1.29, 1.82) is 0 Å². The second-order valence-electron chi connectivity index (χ2n) is 4.36. The van der Waals surface area contributed by atoms with E-state index in [1.165, 1.54) is 64.2 Å². The maximum absolute atomic E-state index is 1.83. The van der Waals surface area contributed by atoms with E-state index in [2.05, 4.69) is 0 Å². The Morgan fingerprint density at radius 1 is 0.500 bits per heavy atom. The largest absolute Gasteiger partial charge is 0.0666 e. The fourth-order valence-electron chi connectivity index (χ4n) is 2.30. The van der Waals surface area contributed by atoms with Gasteiger partial charge in [-0.3, -0.25) is 0 Å². The summed E-state index contributed by atoms with van der Waals surface area (Å²) in [7, 11) is 0.